The highest BCUT2D eigenvalue weighted by Crippen LogP contribution is 2.57. The molecule has 0 saturated carbocycles. The van der Waals surface area contributed by atoms with Crippen LogP contribution in [-0.4, -0.2) is 49.6 Å². The molecule has 2 unspecified atom stereocenters. The Hall–Kier alpha value is -0.920. The summed E-state index contributed by atoms with van der Waals surface area (Å²) >= 11 is 0. The molecule has 0 aliphatic carbocycles. The summed E-state index contributed by atoms with van der Waals surface area (Å²) in [5, 5.41) is 0. The van der Waals surface area contributed by atoms with Gasteiger partial charge in [-0.3, -0.25) is 0 Å². The monoisotopic (exact) mass is 374 g/mol. The molecular formula is C9H6F12O2. The Labute approximate surface area is 119 Å². The Bertz CT molecular complexity index is 406. The van der Waals surface area contributed by atoms with Crippen LogP contribution in [-0.2, 0) is 9.47 Å². The summed E-state index contributed by atoms with van der Waals surface area (Å²) in [6.45, 7) is -2.05. The van der Waals surface area contributed by atoms with Crippen molar-refractivity contribution in [1.29, 1.82) is 0 Å². The van der Waals surface area contributed by atoms with Gasteiger partial charge in [0, 0.05) is 0 Å². The highest BCUT2D eigenvalue weighted by Gasteiger charge is 2.83. The molecule has 0 bridgehead atoms. The Morgan fingerprint density at radius 1 is 0.826 bits per heavy atom. The molecule has 23 heavy (non-hydrogen) atoms. The summed E-state index contributed by atoms with van der Waals surface area (Å²) in [7, 11) is 0. The molecule has 0 aromatic carbocycles. The van der Waals surface area contributed by atoms with Gasteiger partial charge in [-0.1, -0.05) is 0 Å². The number of hydrogen-bond acceptors (Lipinski definition) is 2. The van der Waals surface area contributed by atoms with Gasteiger partial charge in [0.05, 0.1) is 13.2 Å². The van der Waals surface area contributed by atoms with Crippen LogP contribution in [0.4, 0.5) is 52.7 Å². The molecule has 1 fully saturated rings. The van der Waals surface area contributed by atoms with E-state index in [1.165, 1.54) is 0 Å². The Morgan fingerprint density at radius 3 is 1.48 bits per heavy atom. The molecular weight excluding hydrogens is 368 g/mol. The van der Waals surface area contributed by atoms with Crippen molar-refractivity contribution in [3.05, 3.63) is 0 Å². The lowest BCUT2D eigenvalue weighted by Gasteiger charge is -2.40. The number of rotatable bonds is 5. The van der Waals surface area contributed by atoms with E-state index in [1.54, 1.807) is 0 Å². The van der Waals surface area contributed by atoms with E-state index in [4.69, 9.17) is 0 Å². The van der Waals surface area contributed by atoms with E-state index in [-0.39, 0.29) is 0 Å². The third-order valence-electron chi connectivity index (χ3n) is 2.69. The highest BCUT2D eigenvalue weighted by atomic mass is 19.4. The summed E-state index contributed by atoms with van der Waals surface area (Å²) in [5.41, 5.74) is 0. The van der Waals surface area contributed by atoms with Crippen molar-refractivity contribution in [3.8, 4) is 0 Å². The number of alkyl halides is 12. The quantitative estimate of drug-likeness (QED) is 0.536. The van der Waals surface area contributed by atoms with Crippen molar-refractivity contribution < 1.29 is 62.2 Å². The van der Waals surface area contributed by atoms with Crippen molar-refractivity contribution in [3.63, 3.8) is 0 Å². The van der Waals surface area contributed by atoms with E-state index < -0.39 is 55.5 Å². The summed E-state index contributed by atoms with van der Waals surface area (Å²) in [5.74, 6) is -19.3. The molecule has 1 heterocycles. The van der Waals surface area contributed by atoms with Gasteiger partial charge in [0.2, 0.25) is 5.92 Å². The molecule has 2 atom stereocenters. The van der Waals surface area contributed by atoms with Crippen LogP contribution in [0.1, 0.15) is 0 Å². The molecule has 0 radical (unpaired) electrons. The SMILES string of the molecule is FC(F)(F)C(C(F)(F)F)C(F)(OCC1CO1)C(F)(F)C(F)(F)F. The van der Waals surface area contributed by atoms with Crippen molar-refractivity contribution >= 4 is 0 Å². The number of hydrogen-bond donors (Lipinski definition) is 0. The minimum Gasteiger partial charge on any atom is -0.371 e. The van der Waals surface area contributed by atoms with Crippen LogP contribution in [0.3, 0.4) is 0 Å². The van der Waals surface area contributed by atoms with Crippen LogP contribution in [0.2, 0.25) is 0 Å². The van der Waals surface area contributed by atoms with Gasteiger partial charge in [0.1, 0.15) is 6.10 Å². The maximum Gasteiger partial charge on any atom is 0.459 e. The maximum atomic E-state index is 13.9. The molecule has 1 aliphatic rings. The highest BCUT2D eigenvalue weighted by molar-refractivity contribution is 5.02. The number of epoxide rings is 1. The third-order valence-corrected chi connectivity index (χ3v) is 2.69. The molecule has 1 aliphatic heterocycles. The van der Waals surface area contributed by atoms with E-state index in [2.05, 4.69) is 9.47 Å². The molecule has 1 rings (SSSR count). The topological polar surface area (TPSA) is 21.8 Å². The summed E-state index contributed by atoms with van der Waals surface area (Å²) in [4.78, 5) is 0. The smallest absolute Gasteiger partial charge is 0.371 e. The third kappa shape index (κ3) is 3.95. The largest absolute Gasteiger partial charge is 0.459 e. The summed E-state index contributed by atoms with van der Waals surface area (Å²) in [6.07, 6.45) is -22.1. The predicted octanol–water partition coefficient (Wildman–Crippen LogP) is 4.01. The first kappa shape index (κ1) is 20.1. The Balaban J connectivity index is 3.41. The van der Waals surface area contributed by atoms with Crippen molar-refractivity contribution in [2.75, 3.05) is 13.2 Å². The lowest BCUT2D eigenvalue weighted by Crippen LogP contribution is -2.66. The first-order chi connectivity index (χ1) is 9.94. The van der Waals surface area contributed by atoms with Crippen LogP contribution < -0.4 is 0 Å². The van der Waals surface area contributed by atoms with Crippen LogP contribution in [0.15, 0.2) is 0 Å². The molecule has 2 nitrogen and oxygen atoms in total. The van der Waals surface area contributed by atoms with Crippen LogP contribution in [0, 0.1) is 5.92 Å². The zero-order valence-corrected chi connectivity index (χ0v) is 10.4. The molecule has 0 amide bonds. The van der Waals surface area contributed by atoms with E-state index in [0.717, 1.165) is 0 Å². The van der Waals surface area contributed by atoms with Gasteiger partial charge in [-0.25, -0.2) is 4.39 Å². The molecule has 1 saturated heterocycles. The molecule has 0 spiro atoms. The fraction of sp³-hybridized carbons (Fsp3) is 1.00. The fourth-order valence-electron chi connectivity index (χ4n) is 1.53. The lowest BCUT2D eigenvalue weighted by atomic mass is 9.92. The molecule has 138 valence electrons. The second kappa shape index (κ2) is 5.57. The average molecular weight is 374 g/mol. The normalized spacial score (nSPS) is 23.1. The van der Waals surface area contributed by atoms with Gasteiger partial charge >= 0.3 is 30.3 Å². The maximum absolute atomic E-state index is 13.9. The van der Waals surface area contributed by atoms with Crippen molar-refractivity contribution in [2.45, 2.75) is 36.4 Å². The van der Waals surface area contributed by atoms with Gasteiger partial charge in [0.15, 0.2) is 0 Å². The van der Waals surface area contributed by atoms with Gasteiger partial charge in [-0.05, 0) is 0 Å². The van der Waals surface area contributed by atoms with E-state index in [1.807, 2.05) is 0 Å². The second-order valence-corrected chi connectivity index (χ2v) is 4.50. The van der Waals surface area contributed by atoms with Gasteiger partial charge in [-0.2, -0.15) is 48.3 Å². The minimum absolute atomic E-state index is 0.406. The average Bonchev–Trinajstić information content (AvgIpc) is 3.03. The van der Waals surface area contributed by atoms with E-state index in [0.29, 0.717) is 0 Å². The first-order valence-corrected chi connectivity index (χ1v) is 5.47. The molecule has 0 aromatic rings. The van der Waals surface area contributed by atoms with Crippen LogP contribution in [0.5, 0.6) is 0 Å². The van der Waals surface area contributed by atoms with Gasteiger partial charge in [0.25, 0.3) is 0 Å². The van der Waals surface area contributed by atoms with Gasteiger partial charge < -0.3 is 9.47 Å². The summed E-state index contributed by atoms with van der Waals surface area (Å²) < 4.78 is 158. The number of ether oxygens (including phenoxy) is 2. The predicted molar refractivity (Wildman–Crippen MR) is 46.1 cm³/mol. The summed E-state index contributed by atoms with van der Waals surface area (Å²) in [6, 6.07) is 0. The molecule has 0 aromatic heterocycles. The fourth-order valence-corrected chi connectivity index (χ4v) is 1.53. The Morgan fingerprint density at radius 2 is 1.22 bits per heavy atom. The Kier molecular flexibility index (Phi) is 4.87. The van der Waals surface area contributed by atoms with E-state index in [9.17, 15) is 52.7 Å². The first-order valence-electron chi connectivity index (χ1n) is 5.47. The zero-order valence-electron chi connectivity index (χ0n) is 10.4. The second-order valence-electron chi connectivity index (χ2n) is 4.50. The van der Waals surface area contributed by atoms with E-state index >= 15 is 0 Å². The lowest BCUT2D eigenvalue weighted by molar-refractivity contribution is -0.447. The standard InChI is InChI=1S/C9H6F12O2/c10-5(23-2-3-1-22-3,8(17,18)9(19,20)21)4(6(11,12)13)7(14,15)16/h3-4H,1-2H2. The zero-order chi connectivity index (χ0) is 18.5. The van der Waals surface area contributed by atoms with Crippen molar-refractivity contribution in [1.82, 2.24) is 0 Å². The minimum atomic E-state index is -7.09. The van der Waals surface area contributed by atoms with Crippen LogP contribution >= 0.6 is 0 Å². The number of halogens is 12. The molecule has 14 heteroatoms. The molecule has 0 N–H and O–H groups in total. The van der Waals surface area contributed by atoms with Crippen LogP contribution in [0.25, 0.3) is 0 Å². The van der Waals surface area contributed by atoms with Gasteiger partial charge in [-0.15, -0.1) is 0 Å². The van der Waals surface area contributed by atoms with Crippen molar-refractivity contribution in [2.24, 2.45) is 5.92 Å².